The van der Waals surface area contributed by atoms with Crippen molar-refractivity contribution in [3.8, 4) is 11.5 Å². The molecule has 0 heterocycles. The molecule has 7 nitrogen and oxygen atoms in total. The van der Waals surface area contributed by atoms with Crippen molar-refractivity contribution < 1.29 is 23.5 Å². The van der Waals surface area contributed by atoms with E-state index in [1.807, 2.05) is 0 Å². The van der Waals surface area contributed by atoms with Gasteiger partial charge in [0.25, 0.3) is 11.8 Å². The van der Waals surface area contributed by atoms with Gasteiger partial charge in [-0.25, -0.2) is 9.82 Å². The molecule has 142 valence electrons. The van der Waals surface area contributed by atoms with Crippen molar-refractivity contribution in [2.75, 3.05) is 20.8 Å². The average Bonchev–Trinajstić information content (AvgIpc) is 2.67. The van der Waals surface area contributed by atoms with Crippen molar-refractivity contribution >= 4 is 29.6 Å². The summed E-state index contributed by atoms with van der Waals surface area (Å²) in [4.78, 5) is 23.9. The maximum absolute atomic E-state index is 13.6. The van der Waals surface area contributed by atoms with Crippen molar-refractivity contribution in [2.24, 2.45) is 5.10 Å². The lowest BCUT2D eigenvalue weighted by Crippen LogP contribution is -2.34. The van der Waals surface area contributed by atoms with E-state index in [1.165, 1.54) is 44.6 Å². The van der Waals surface area contributed by atoms with E-state index in [0.29, 0.717) is 11.5 Å². The number of rotatable bonds is 7. The summed E-state index contributed by atoms with van der Waals surface area (Å²) in [5, 5.41) is 6.23. The second-order valence-corrected chi connectivity index (χ2v) is 5.62. The molecule has 27 heavy (non-hydrogen) atoms. The maximum Gasteiger partial charge on any atom is 0.259 e. The first-order valence-corrected chi connectivity index (χ1v) is 8.09. The van der Waals surface area contributed by atoms with Crippen LogP contribution in [0.15, 0.2) is 41.5 Å². The van der Waals surface area contributed by atoms with E-state index >= 15 is 0 Å². The highest BCUT2D eigenvalue weighted by Crippen LogP contribution is 2.22. The van der Waals surface area contributed by atoms with E-state index in [0.717, 1.165) is 6.21 Å². The van der Waals surface area contributed by atoms with Crippen LogP contribution in [-0.2, 0) is 4.79 Å². The number of amides is 2. The van der Waals surface area contributed by atoms with E-state index in [2.05, 4.69) is 15.8 Å². The molecule has 9 heteroatoms. The lowest BCUT2D eigenvalue weighted by Gasteiger charge is -2.09. The van der Waals surface area contributed by atoms with Gasteiger partial charge in [-0.15, -0.1) is 0 Å². The van der Waals surface area contributed by atoms with Crippen LogP contribution in [0.5, 0.6) is 11.5 Å². The van der Waals surface area contributed by atoms with Gasteiger partial charge in [0.05, 0.1) is 32.0 Å². The van der Waals surface area contributed by atoms with E-state index in [9.17, 15) is 14.0 Å². The molecule has 0 aromatic heterocycles. The molecular formula is C18H17ClFN3O4. The van der Waals surface area contributed by atoms with Crippen LogP contribution in [0.1, 0.15) is 15.9 Å². The van der Waals surface area contributed by atoms with Crippen LogP contribution in [0.2, 0.25) is 5.02 Å². The highest BCUT2D eigenvalue weighted by molar-refractivity contribution is 6.33. The van der Waals surface area contributed by atoms with E-state index < -0.39 is 17.6 Å². The Hall–Kier alpha value is -3.13. The first kappa shape index (κ1) is 20.2. The van der Waals surface area contributed by atoms with Gasteiger partial charge in [0.2, 0.25) is 0 Å². The summed E-state index contributed by atoms with van der Waals surface area (Å²) in [6.45, 7) is -0.333. The largest absolute Gasteiger partial charge is 0.497 e. The quantitative estimate of drug-likeness (QED) is 0.558. The van der Waals surface area contributed by atoms with Crippen LogP contribution < -0.4 is 20.2 Å². The molecule has 0 saturated heterocycles. The Morgan fingerprint density at radius 2 is 1.85 bits per heavy atom. The second-order valence-electron chi connectivity index (χ2n) is 5.21. The topological polar surface area (TPSA) is 89.0 Å². The predicted octanol–water partition coefficient (Wildman–Crippen LogP) is 2.38. The van der Waals surface area contributed by atoms with Crippen molar-refractivity contribution in [1.82, 2.24) is 10.7 Å². The van der Waals surface area contributed by atoms with Crippen molar-refractivity contribution in [3.05, 3.63) is 58.4 Å². The van der Waals surface area contributed by atoms with E-state index in [4.69, 9.17) is 21.1 Å². The number of carbonyl (C=O) groups is 2. The number of methoxy groups -OCH3 is 2. The molecule has 0 aliphatic carbocycles. The van der Waals surface area contributed by atoms with Gasteiger partial charge in [-0.05, 0) is 24.3 Å². The Morgan fingerprint density at radius 1 is 1.19 bits per heavy atom. The molecule has 2 aromatic carbocycles. The molecule has 2 N–H and O–H groups in total. The lowest BCUT2D eigenvalue weighted by atomic mass is 10.2. The molecule has 0 aliphatic heterocycles. The highest BCUT2D eigenvalue weighted by atomic mass is 35.5. The third-order valence-corrected chi connectivity index (χ3v) is 3.74. The molecular weight excluding hydrogens is 377 g/mol. The Labute approximate surface area is 160 Å². The van der Waals surface area contributed by atoms with Crippen molar-refractivity contribution in [3.63, 3.8) is 0 Å². The van der Waals surface area contributed by atoms with Gasteiger partial charge < -0.3 is 14.8 Å². The Bertz CT molecular complexity index is 831. The fraction of sp³-hybridized carbons (Fsp3) is 0.167. The minimum absolute atomic E-state index is 0.0481. The van der Waals surface area contributed by atoms with Gasteiger partial charge >= 0.3 is 0 Å². The first-order valence-electron chi connectivity index (χ1n) is 7.71. The highest BCUT2D eigenvalue weighted by Gasteiger charge is 2.11. The SMILES string of the molecule is COc1cc(OC)cc(C(=O)NCC(=O)N/N=C\c2c(F)cccc2Cl)c1. The van der Waals surface area contributed by atoms with Crippen molar-refractivity contribution in [1.29, 1.82) is 0 Å². The summed E-state index contributed by atoms with van der Waals surface area (Å²) in [5.41, 5.74) is 2.49. The third-order valence-electron chi connectivity index (χ3n) is 3.41. The van der Waals surface area contributed by atoms with Gasteiger partial charge in [-0.1, -0.05) is 17.7 Å². The summed E-state index contributed by atoms with van der Waals surface area (Å²) < 4.78 is 23.7. The smallest absolute Gasteiger partial charge is 0.259 e. The van der Waals surface area contributed by atoms with Gasteiger partial charge in [-0.3, -0.25) is 9.59 Å². The molecule has 2 aromatic rings. The summed E-state index contributed by atoms with van der Waals surface area (Å²) in [7, 11) is 2.92. The molecule has 2 rings (SSSR count). The van der Waals surface area contributed by atoms with Gasteiger partial charge in [0.15, 0.2) is 0 Å². The first-order chi connectivity index (χ1) is 12.9. The number of benzene rings is 2. The Balaban J connectivity index is 1.92. The third kappa shape index (κ3) is 5.68. The van der Waals surface area contributed by atoms with E-state index in [-0.39, 0.29) is 22.7 Å². The minimum Gasteiger partial charge on any atom is -0.497 e. The molecule has 2 amide bonds. The summed E-state index contributed by atoms with van der Waals surface area (Å²) >= 11 is 5.84. The fourth-order valence-electron chi connectivity index (χ4n) is 2.04. The van der Waals surface area contributed by atoms with Crippen LogP contribution in [0.25, 0.3) is 0 Å². The zero-order valence-corrected chi connectivity index (χ0v) is 15.3. The molecule has 0 radical (unpaired) electrons. The van der Waals surface area contributed by atoms with Crippen LogP contribution >= 0.6 is 11.6 Å². The number of hydrazone groups is 1. The maximum atomic E-state index is 13.6. The Morgan fingerprint density at radius 3 is 2.44 bits per heavy atom. The zero-order chi connectivity index (χ0) is 19.8. The number of halogens is 2. The van der Waals surface area contributed by atoms with E-state index in [1.54, 1.807) is 6.07 Å². The second kappa shape index (κ2) is 9.54. The summed E-state index contributed by atoms with van der Waals surface area (Å²) in [6.07, 6.45) is 1.09. The van der Waals surface area contributed by atoms with Crippen LogP contribution in [-0.4, -0.2) is 38.8 Å². The normalized spacial score (nSPS) is 10.5. The van der Waals surface area contributed by atoms with Crippen LogP contribution in [0.4, 0.5) is 4.39 Å². The number of nitrogens with one attached hydrogen (secondary N) is 2. The number of nitrogens with zero attached hydrogens (tertiary/aromatic N) is 1. The standard InChI is InChI=1S/C18H17ClFN3O4/c1-26-12-6-11(7-13(8-12)27-2)18(25)21-10-17(24)23-22-9-14-15(19)4-3-5-16(14)20/h3-9H,10H2,1-2H3,(H,21,25)(H,23,24)/b22-9-. The van der Waals surface area contributed by atoms with Gasteiger partial charge in [0.1, 0.15) is 17.3 Å². The molecule has 0 unspecified atom stereocenters. The predicted molar refractivity (Wildman–Crippen MR) is 99.0 cm³/mol. The summed E-state index contributed by atoms with van der Waals surface area (Å²) in [5.74, 6) is -0.781. The number of ether oxygens (including phenoxy) is 2. The zero-order valence-electron chi connectivity index (χ0n) is 14.6. The molecule has 0 bridgehead atoms. The minimum atomic E-state index is -0.595. The van der Waals surface area contributed by atoms with Crippen LogP contribution in [0, 0.1) is 5.82 Å². The number of hydrogen-bond donors (Lipinski definition) is 2. The molecule has 0 atom stereocenters. The number of carbonyl (C=O) groups excluding carboxylic acids is 2. The van der Waals surface area contributed by atoms with Gasteiger partial charge in [-0.2, -0.15) is 5.10 Å². The average molecular weight is 394 g/mol. The number of hydrogen-bond acceptors (Lipinski definition) is 5. The fourth-order valence-corrected chi connectivity index (χ4v) is 2.26. The Kier molecular flexibility index (Phi) is 7.13. The van der Waals surface area contributed by atoms with Crippen molar-refractivity contribution in [2.45, 2.75) is 0 Å². The molecule has 0 aliphatic rings. The summed E-state index contributed by atoms with van der Waals surface area (Å²) in [6, 6.07) is 8.80. The van der Waals surface area contributed by atoms with Gasteiger partial charge in [0, 0.05) is 17.2 Å². The molecule has 0 spiro atoms. The van der Waals surface area contributed by atoms with Crippen LogP contribution in [0.3, 0.4) is 0 Å². The monoisotopic (exact) mass is 393 g/mol. The lowest BCUT2D eigenvalue weighted by molar-refractivity contribution is -0.120. The molecule has 0 saturated carbocycles. The molecule has 0 fully saturated rings.